The molecule has 1 aliphatic carbocycles. The Hall–Kier alpha value is -2.89. The second-order valence-corrected chi connectivity index (χ2v) is 7.21. The summed E-state index contributed by atoms with van der Waals surface area (Å²) < 4.78 is 14.1. The van der Waals surface area contributed by atoms with Gasteiger partial charge in [-0.25, -0.2) is 9.18 Å². The van der Waals surface area contributed by atoms with E-state index in [1.165, 1.54) is 6.07 Å². The lowest BCUT2D eigenvalue weighted by Gasteiger charge is -2.32. The zero-order valence-corrected chi connectivity index (χ0v) is 15.2. The van der Waals surface area contributed by atoms with Gasteiger partial charge in [0.15, 0.2) is 0 Å². The highest BCUT2D eigenvalue weighted by atomic mass is 19.1. The lowest BCUT2D eigenvalue weighted by Crippen LogP contribution is -2.35. The molecule has 1 aliphatic heterocycles. The van der Waals surface area contributed by atoms with E-state index in [1.807, 2.05) is 6.07 Å². The number of fused-ring (bicyclic) bond motifs is 1. The van der Waals surface area contributed by atoms with E-state index in [4.69, 9.17) is 0 Å². The van der Waals surface area contributed by atoms with Gasteiger partial charge in [-0.05, 0) is 60.2 Å². The van der Waals surface area contributed by atoms with Crippen molar-refractivity contribution in [3.05, 3.63) is 65.0 Å². The molecule has 2 unspecified atom stereocenters. The minimum atomic E-state index is -0.207. The van der Waals surface area contributed by atoms with Gasteiger partial charge in [-0.2, -0.15) is 0 Å². The van der Waals surface area contributed by atoms with E-state index in [1.54, 1.807) is 35.2 Å². The average Bonchev–Trinajstić information content (AvgIpc) is 3.10. The quantitative estimate of drug-likeness (QED) is 0.873. The van der Waals surface area contributed by atoms with Crippen LogP contribution in [0.5, 0.6) is 0 Å². The number of nitrogens with zero attached hydrogens (tertiary/aromatic N) is 1. The van der Waals surface area contributed by atoms with Crippen molar-refractivity contribution in [2.75, 3.05) is 18.0 Å². The van der Waals surface area contributed by atoms with E-state index in [0.29, 0.717) is 30.6 Å². The van der Waals surface area contributed by atoms with Crippen molar-refractivity contribution in [3.63, 3.8) is 0 Å². The van der Waals surface area contributed by atoms with Gasteiger partial charge in [-0.3, -0.25) is 9.69 Å². The van der Waals surface area contributed by atoms with E-state index < -0.39 is 0 Å². The minimum Gasteiger partial charge on any atom is -0.345 e. The first-order valence-corrected chi connectivity index (χ1v) is 9.28. The van der Waals surface area contributed by atoms with Gasteiger partial charge in [0.1, 0.15) is 5.82 Å². The monoisotopic (exact) mass is 367 g/mol. The zero-order chi connectivity index (χ0) is 19.0. The largest absolute Gasteiger partial charge is 0.345 e. The maximum absolute atomic E-state index is 14.1. The summed E-state index contributed by atoms with van der Waals surface area (Å²) in [5.74, 6) is -0.163. The number of amides is 3. The first-order valence-electron chi connectivity index (χ1n) is 9.28. The molecule has 2 aromatic rings. The van der Waals surface area contributed by atoms with Crippen molar-refractivity contribution in [1.82, 2.24) is 10.6 Å². The second-order valence-electron chi connectivity index (χ2n) is 7.21. The summed E-state index contributed by atoms with van der Waals surface area (Å²) in [6.07, 6.45) is 1.53. The molecule has 0 radical (unpaired) electrons. The SMILES string of the molecule is CC1CCc2c(F)cccc2C1NC(=O)c1ccc(N2CCNC2=O)cc1. The van der Waals surface area contributed by atoms with Gasteiger partial charge in [0, 0.05) is 24.3 Å². The summed E-state index contributed by atoms with van der Waals surface area (Å²) in [5, 5.41) is 5.82. The fourth-order valence-corrected chi connectivity index (χ4v) is 3.93. The Labute approximate surface area is 157 Å². The Bertz CT molecular complexity index is 881. The third kappa shape index (κ3) is 3.27. The van der Waals surface area contributed by atoms with Gasteiger partial charge in [0.2, 0.25) is 0 Å². The van der Waals surface area contributed by atoms with E-state index in [-0.39, 0.29) is 29.7 Å². The number of hydrogen-bond donors (Lipinski definition) is 2. The van der Waals surface area contributed by atoms with Crippen LogP contribution in [0.2, 0.25) is 0 Å². The van der Waals surface area contributed by atoms with Crippen molar-refractivity contribution >= 4 is 17.6 Å². The first kappa shape index (κ1) is 17.5. The molecule has 1 heterocycles. The molecule has 6 heteroatoms. The van der Waals surface area contributed by atoms with Crippen LogP contribution >= 0.6 is 0 Å². The molecule has 0 bridgehead atoms. The Balaban J connectivity index is 1.52. The lowest BCUT2D eigenvalue weighted by atomic mass is 9.80. The topological polar surface area (TPSA) is 61.4 Å². The van der Waals surface area contributed by atoms with Crippen LogP contribution in [0.4, 0.5) is 14.9 Å². The number of carbonyl (C=O) groups excluding carboxylic acids is 2. The summed E-state index contributed by atoms with van der Waals surface area (Å²) in [5.41, 5.74) is 2.86. The fraction of sp³-hybridized carbons (Fsp3) is 0.333. The number of carbonyl (C=O) groups is 2. The molecule has 140 valence electrons. The number of urea groups is 1. The van der Waals surface area contributed by atoms with Crippen LogP contribution in [0.1, 0.15) is 40.9 Å². The van der Waals surface area contributed by atoms with Crippen LogP contribution in [-0.4, -0.2) is 25.0 Å². The number of hydrogen-bond acceptors (Lipinski definition) is 2. The molecule has 2 aromatic carbocycles. The van der Waals surface area contributed by atoms with Crippen molar-refractivity contribution in [2.24, 2.45) is 5.92 Å². The van der Waals surface area contributed by atoms with Gasteiger partial charge in [0.05, 0.1) is 6.04 Å². The third-order valence-corrected chi connectivity index (χ3v) is 5.49. The van der Waals surface area contributed by atoms with Crippen LogP contribution in [0.15, 0.2) is 42.5 Å². The molecule has 2 aliphatic rings. The number of anilines is 1. The number of rotatable bonds is 3. The normalized spacial score (nSPS) is 21.6. The highest BCUT2D eigenvalue weighted by Gasteiger charge is 2.29. The molecular weight excluding hydrogens is 345 g/mol. The highest BCUT2D eigenvalue weighted by Crippen LogP contribution is 2.35. The Kier molecular flexibility index (Phi) is 4.56. The van der Waals surface area contributed by atoms with Gasteiger partial charge in [-0.15, -0.1) is 0 Å². The van der Waals surface area contributed by atoms with Gasteiger partial charge < -0.3 is 10.6 Å². The van der Waals surface area contributed by atoms with Crippen LogP contribution in [0.25, 0.3) is 0 Å². The van der Waals surface area contributed by atoms with E-state index in [2.05, 4.69) is 17.6 Å². The summed E-state index contributed by atoms with van der Waals surface area (Å²) >= 11 is 0. The molecule has 2 N–H and O–H groups in total. The van der Waals surface area contributed by atoms with E-state index >= 15 is 0 Å². The standard InChI is InChI=1S/C21H22FN3O2/c1-13-5-10-16-17(3-2-4-18(16)22)19(13)24-20(26)14-6-8-15(9-7-14)25-12-11-23-21(25)27/h2-4,6-9,13,19H,5,10-12H2,1H3,(H,23,27)(H,24,26). The maximum atomic E-state index is 14.1. The summed E-state index contributed by atoms with van der Waals surface area (Å²) in [4.78, 5) is 26.1. The highest BCUT2D eigenvalue weighted by molar-refractivity contribution is 5.97. The number of halogens is 1. The van der Waals surface area contributed by atoms with Gasteiger partial charge in [-0.1, -0.05) is 19.1 Å². The van der Waals surface area contributed by atoms with Crippen LogP contribution in [0, 0.1) is 11.7 Å². The van der Waals surface area contributed by atoms with Crippen molar-refractivity contribution in [2.45, 2.75) is 25.8 Å². The van der Waals surface area contributed by atoms with Crippen molar-refractivity contribution in [1.29, 1.82) is 0 Å². The summed E-state index contributed by atoms with van der Waals surface area (Å²) in [6, 6.07) is 11.7. The Morgan fingerprint density at radius 2 is 2.00 bits per heavy atom. The lowest BCUT2D eigenvalue weighted by molar-refractivity contribution is 0.0919. The molecule has 0 spiro atoms. The molecule has 0 aromatic heterocycles. The summed E-state index contributed by atoms with van der Waals surface area (Å²) in [6.45, 7) is 3.32. The fourth-order valence-electron chi connectivity index (χ4n) is 3.93. The second kappa shape index (κ2) is 7.02. The molecule has 3 amide bonds. The van der Waals surface area contributed by atoms with Crippen LogP contribution < -0.4 is 15.5 Å². The van der Waals surface area contributed by atoms with Crippen molar-refractivity contribution < 1.29 is 14.0 Å². The molecule has 27 heavy (non-hydrogen) atoms. The molecule has 0 saturated carbocycles. The number of nitrogens with one attached hydrogen (secondary N) is 2. The molecular formula is C21H22FN3O2. The summed E-state index contributed by atoms with van der Waals surface area (Å²) in [7, 11) is 0. The van der Waals surface area contributed by atoms with Crippen LogP contribution in [0.3, 0.4) is 0 Å². The zero-order valence-electron chi connectivity index (χ0n) is 15.2. The molecule has 2 atom stereocenters. The smallest absolute Gasteiger partial charge is 0.321 e. The Morgan fingerprint density at radius 3 is 2.70 bits per heavy atom. The van der Waals surface area contributed by atoms with Gasteiger partial charge >= 0.3 is 6.03 Å². The minimum absolute atomic E-state index is 0.123. The molecule has 1 saturated heterocycles. The predicted molar refractivity (Wildman–Crippen MR) is 101 cm³/mol. The maximum Gasteiger partial charge on any atom is 0.321 e. The van der Waals surface area contributed by atoms with Gasteiger partial charge in [0.25, 0.3) is 5.91 Å². The van der Waals surface area contributed by atoms with Crippen molar-refractivity contribution in [3.8, 4) is 0 Å². The molecule has 5 nitrogen and oxygen atoms in total. The predicted octanol–water partition coefficient (Wildman–Crippen LogP) is 3.41. The number of benzene rings is 2. The third-order valence-electron chi connectivity index (χ3n) is 5.49. The van der Waals surface area contributed by atoms with Crippen LogP contribution in [-0.2, 0) is 6.42 Å². The average molecular weight is 367 g/mol. The van der Waals surface area contributed by atoms with E-state index in [0.717, 1.165) is 17.7 Å². The van der Waals surface area contributed by atoms with E-state index in [9.17, 15) is 14.0 Å². The molecule has 1 fully saturated rings. The first-order chi connectivity index (χ1) is 13.0. The molecule has 4 rings (SSSR count). The Morgan fingerprint density at radius 1 is 1.22 bits per heavy atom.